The highest BCUT2D eigenvalue weighted by Gasteiger charge is 2.33. The first-order chi connectivity index (χ1) is 12.8. The van der Waals surface area contributed by atoms with E-state index in [1.54, 1.807) is 30.3 Å². The third-order valence-electron chi connectivity index (χ3n) is 3.68. The molecule has 142 valence electrons. The zero-order valence-electron chi connectivity index (χ0n) is 14.9. The Morgan fingerprint density at radius 2 is 1.81 bits per heavy atom. The summed E-state index contributed by atoms with van der Waals surface area (Å²) >= 11 is 0. The van der Waals surface area contributed by atoms with Crippen LogP contribution in [0.2, 0.25) is 0 Å². The van der Waals surface area contributed by atoms with Crippen molar-refractivity contribution in [2.45, 2.75) is 25.9 Å². The predicted octanol–water partition coefficient (Wildman–Crippen LogP) is 5.01. The van der Waals surface area contributed by atoms with Crippen LogP contribution >= 0.6 is 0 Å². The fourth-order valence-corrected chi connectivity index (χ4v) is 2.44. The molecular weight excluding hydrogens is 356 g/mol. The van der Waals surface area contributed by atoms with Crippen LogP contribution in [0.15, 0.2) is 59.1 Å². The Balaban J connectivity index is 1.66. The van der Waals surface area contributed by atoms with Crippen LogP contribution in [0.25, 0.3) is 11.3 Å². The zero-order valence-corrected chi connectivity index (χ0v) is 14.9. The molecule has 0 unspecified atom stereocenters. The van der Waals surface area contributed by atoms with Crippen molar-refractivity contribution in [3.63, 3.8) is 0 Å². The lowest BCUT2D eigenvalue weighted by atomic mass is 10.1. The lowest BCUT2D eigenvalue weighted by Crippen LogP contribution is -2.23. The number of ether oxygens (including phenoxy) is 2. The van der Waals surface area contributed by atoms with E-state index in [1.807, 2.05) is 13.8 Å². The largest absolute Gasteiger partial charge is 0.491 e. The second-order valence-corrected chi connectivity index (χ2v) is 6.26. The molecule has 0 atom stereocenters. The maximum atomic E-state index is 14.5. The number of halogens is 2. The molecule has 0 aliphatic heterocycles. The molecule has 7 heteroatoms. The predicted molar refractivity (Wildman–Crippen MR) is 95.2 cm³/mol. The number of hydrogen-bond acceptors (Lipinski definition) is 5. The van der Waals surface area contributed by atoms with E-state index in [1.165, 1.54) is 24.3 Å². The van der Waals surface area contributed by atoms with Crippen molar-refractivity contribution in [2.75, 3.05) is 6.61 Å². The smallest absolute Gasteiger partial charge is 0.306 e. The molecule has 1 aromatic heterocycles. The van der Waals surface area contributed by atoms with Gasteiger partial charge in [0.25, 0.3) is 5.88 Å². The highest BCUT2D eigenvalue weighted by atomic mass is 19.3. The monoisotopic (exact) mass is 375 g/mol. The van der Waals surface area contributed by atoms with Crippen molar-refractivity contribution in [2.24, 2.45) is 0 Å². The van der Waals surface area contributed by atoms with E-state index >= 15 is 0 Å². The molecule has 5 nitrogen and oxygen atoms in total. The first-order valence-electron chi connectivity index (χ1n) is 8.37. The number of nitrogens with zero attached hydrogens (tertiary/aromatic N) is 1. The third kappa shape index (κ3) is 4.75. The van der Waals surface area contributed by atoms with Gasteiger partial charge in [0.1, 0.15) is 11.5 Å². The fourth-order valence-electron chi connectivity index (χ4n) is 2.44. The van der Waals surface area contributed by atoms with Crippen LogP contribution < -0.4 is 9.47 Å². The van der Waals surface area contributed by atoms with Crippen LogP contribution in [-0.2, 0) is 5.92 Å². The SMILES string of the molecule is CC(C)Oc1cccc(C(F)(F)COc2ccc(-c3cc(O)no3)cc2)c1. The molecular formula is C20H19F2NO4. The highest BCUT2D eigenvalue weighted by Crippen LogP contribution is 2.32. The molecule has 27 heavy (non-hydrogen) atoms. The molecule has 0 amide bonds. The molecule has 0 aliphatic rings. The Kier molecular flexibility index (Phi) is 5.30. The molecule has 3 aromatic rings. The molecule has 0 spiro atoms. The van der Waals surface area contributed by atoms with Gasteiger partial charge in [0, 0.05) is 17.2 Å². The van der Waals surface area contributed by atoms with Gasteiger partial charge in [-0.25, -0.2) is 0 Å². The van der Waals surface area contributed by atoms with Gasteiger partial charge in [-0.1, -0.05) is 12.1 Å². The standard InChI is InChI=1S/C20H19F2NO4/c1-13(2)26-17-5-3-4-15(10-17)20(21,22)12-25-16-8-6-14(7-9-16)18-11-19(24)23-27-18/h3-11,13H,12H2,1-2H3,(H,23,24). The normalized spacial score (nSPS) is 11.6. The molecule has 0 saturated carbocycles. The second-order valence-electron chi connectivity index (χ2n) is 6.26. The van der Waals surface area contributed by atoms with Crippen molar-refractivity contribution >= 4 is 0 Å². The summed E-state index contributed by atoms with van der Waals surface area (Å²) in [5.74, 6) is -2.36. The van der Waals surface area contributed by atoms with Crippen LogP contribution in [0.3, 0.4) is 0 Å². The summed E-state index contributed by atoms with van der Waals surface area (Å²) in [5, 5.41) is 12.6. The molecule has 1 N–H and O–H groups in total. The maximum Gasteiger partial charge on any atom is 0.306 e. The van der Waals surface area contributed by atoms with Crippen molar-refractivity contribution in [3.8, 4) is 28.7 Å². The molecule has 2 aromatic carbocycles. The number of hydrogen-bond donors (Lipinski definition) is 1. The van der Waals surface area contributed by atoms with E-state index in [0.717, 1.165) is 0 Å². The Morgan fingerprint density at radius 3 is 2.44 bits per heavy atom. The first-order valence-corrected chi connectivity index (χ1v) is 8.37. The van der Waals surface area contributed by atoms with E-state index < -0.39 is 12.5 Å². The highest BCUT2D eigenvalue weighted by molar-refractivity contribution is 5.58. The average molecular weight is 375 g/mol. The topological polar surface area (TPSA) is 64.7 Å². The summed E-state index contributed by atoms with van der Waals surface area (Å²) in [6, 6.07) is 13.5. The van der Waals surface area contributed by atoms with Crippen LogP contribution in [-0.4, -0.2) is 23.0 Å². The van der Waals surface area contributed by atoms with Gasteiger partial charge in [-0.3, -0.25) is 0 Å². The van der Waals surface area contributed by atoms with Gasteiger partial charge in [-0.05, 0) is 55.4 Å². The molecule has 0 bridgehead atoms. The molecule has 0 saturated heterocycles. The van der Waals surface area contributed by atoms with Crippen LogP contribution in [0.4, 0.5) is 8.78 Å². The summed E-state index contributed by atoms with van der Waals surface area (Å²) in [6.45, 7) is 2.86. The van der Waals surface area contributed by atoms with Crippen molar-refractivity contribution in [1.29, 1.82) is 0 Å². The lowest BCUT2D eigenvalue weighted by molar-refractivity contribution is -0.0469. The fraction of sp³-hybridized carbons (Fsp3) is 0.250. The van der Waals surface area contributed by atoms with Crippen LogP contribution in [0, 0.1) is 0 Å². The first kappa shape index (κ1) is 18.7. The van der Waals surface area contributed by atoms with E-state index in [2.05, 4.69) is 5.16 Å². The van der Waals surface area contributed by atoms with Gasteiger partial charge in [0.2, 0.25) is 0 Å². The molecule has 3 rings (SSSR count). The van der Waals surface area contributed by atoms with E-state index in [9.17, 15) is 13.9 Å². The van der Waals surface area contributed by atoms with Crippen LogP contribution in [0.1, 0.15) is 19.4 Å². The molecule has 0 aliphatic carbocycles. The number of alkyl halides is 2. The molecule has 0 radical (unpaired) electrons. The number of rotatable bonds is 7. The quantitative estimate of drug-likeness (QED) is 0.629. The second kappa shape index (κ2) is 7.65. The minimum atomic E-state index is -3.17. The maximum absolute atomic E-state index is 14.5. The summed E-state index contributed by atoms with van der Waals surface area (Å²) in [5.41, 5.74) is 0.467. The van der Waals surface area contributed by atoms with Crippen molar-refractivity contribution in [1.82, 2.24) is 5.16 Å². The Morgan fingerprint density at radius 1 is 1.07 bits per heavy atom. The van der Waals surface area contributed by atoms with Gasteiger partial charge in [-0.2, -0.15) is 8.78 Å². The van der Waals surface area contributed by atoms with Gasteiger partial charge in [0.05, 0.1) is 6.10 Å². The number of aromatic hydroxyl groups is 1. The number of aromatic nitrogens is 1. The van der Waals surface area contributed by atoms with Gasteiger partial charge < -0.3 is 19.1 Å². The minimum absolute atomic E-state index is 0.102. The average Bonchev–Trinajstić information content (AvgIpc) is 3.07. The third-order valence-corrected chi connectivity index (χ3v) is 3.68. The summed E-state index contributed by atoms with van der Waals surface area (Å²) in [7, 11) is 0. The Bertz CT molecular complexity index is 891. The lowest BCUT2D eigenvalue weighted by Gasteiger charge is -2.19. The Hall–Kier alpha value is -3.09. The Labute approximate surface area is 155 Å². The summed E-state index contributed by atoms with van der Waals surface area (Å²) < 4.78 is 44.6. The van der Waals surface area contributed by atoms with Crippen LogP contribution in [0.5, 0.6) is 17.4 Å². The van der Waals surface area contributed by atoms with Gasteiger partial charge >= 0.3 is 5.92 Å². The summed E-state index contributed by atoms with van der Waals surface area (Å²) in [6.07, 6.45) is -0.102. The molecule has 0 fully saturated rings. The van der Waals surface area contributed by atoms with E-state index in [0.29, 0.717) is 17.1 Å². The van der Waals surface area contributed by atoms with E-state index in [4.69, 9.17) is 14.0 Å². The van der Waals surface area contributed by atoms with Crippen molar-refractivity contribution in [3.05, 3.63) is 60.2 Å². The number of benzene rings is 2. The van der Waals surface area contributed by atoms with Crippen molar-refractivity contribution < 1.29 is 27.9 Å². The zero-order chi connectivity index (χ0) is 19.4. The van der Waals surface area contributed by atoms with Gasteiger partial charge in [-0.15, -0.1) is 0 Å². The van der Waals surface area contributed by atoms with E-state index in [-0.39, 0.29) is 23.3 Å². The molecule has 1 heterocycles. The minimum Gasteiger partial charge on any atom is -0.491 e. The summed E-state index contributed by atoms with van der Waals surface area (Å²) in [4.78, 5) is 0. The van der Waals surface area contributed by atoms with Gasteiger partial charge in [0.15, 0.2) is 12.4 Å².